The zero-order chi connectivity index (χ0) is 7.61. The van der Waals surface area contributed by atoms with E-state index >= 15 is 0 Å². The Balaban J connectivity index is 2.43. The Morgan fingerprint density at radius 3 is 2.40 bits per heavy atom. The van der Waals surface area contributed by atoms with Gasteiger partial charge in [0.05, 0.1) is 5.66 Å². The summed E-state index contributed by atoms with van der Waals surface area (Å²) in [5, 5.41) is 2.76. The summed E-state index contributed by atoms with van der Waals surface area (Å²) in [6.45, 7) is 1.51. The van der Waals surface area contributed by atoms with Crippen LogP contribution in [0.3, 0.4) is 0 Å². The van der Waals surface area contributed by atoms with Crippen LogP contribution in [0, 0.1) is 0 Å². The van der Waals surface area contributed by atoms with Crippen molar-refractivity contribution in [3.63, 3.8) is 0 Å². The minimum absolute atomic E-state index is 0.0237. The molecule has 1 aliphatic carbocycles. The van der Waals surface area contributed by atoms with Gasteiger partial charge < -0.3 is 11.1 Å². The molecule has 1 aliphatic rings. The predicted molar refractivity (Wildman–Crippen MR) is 39.2 cm³/mol. The molecule has 58 valence electrons. The second kappa shape index (κ2) is 2.58. The second-order valence-corrected chi connectivity index (χ2v) is 3.04. The number of nitrogens with one attached hydrogen (secondary N) is 1. The van der Waals surface area contributed by atoms with Gasteiger partial charge in [-0.3, -0.25) is 4.79 Å². The molecular weight excluding hydrogens is 128 g/mol. The van der Waals surface area contributed by atoms with Crippen molar-refractivity contribution in [1.29, 1.82) is 0 Å². The average Bonchev–Trinajstić information content (AvgIpc) is 2.12. The summed E-state index contributed by atoms with van der Waals surface area (Å²) >= 11 is 0. The molecule has 0 bridgehead atoms. The molecule has 3 N–H and O–H groups in total. The summed E-state index contributed by atoms with van der Waals surface area (Å²) in [4.78, 5) is 10.6. The molecule has 1 fully saturated rings. The SMILES string of the molecule is CC(=O)NC1(N)CCCC1. The van der Waals surface area contributed by atoms with E-state index in [0.29, 0.717) is 0 Å². The van der Waals surface area contributed by atoms with Crippen molar-refractivity contribution in [1.82, 2.24) is 5.32 Å². The lowest BCUT2D eigenvalue weighted by molar-refractivity contribution is -0.120. The molecule has 0 unspecified atom stereocenters. The van der Waals surface area contributed by atoms with E-state index in [1.54, 1.807) is 0 Å². The summed E-state index contributed by atoms with van der Waals surface area (Å²) in [7, 11) is 0. The van der Waals surface area contributed by atoms with Gasteiger partial charge in [-0.1, -0.05) is 0 Å². The van der Waals surface area contributed by atoms with Gasteiger partial charge in [0.25, 0.3) is 0 Å². The molecule has 0 heterocycles. The number of nitrogens with two attached hydrogens (primary N) is 1. The van der Waals surface area contributed by atoms with Crippen molar-refractivity contribution in [3.05, 3.63) is 0 Å². The first-order chi connectivity index (χ1) is 4.62. The minimum Gasteiger partial charge on any atom is -0.338 e. The molecule has 1 saturated carbocycles. The van der Waals surface area contributed by atoms with E-state index in [4.69, 9.17) is 5.73 Å². The van der Waals surface area contributed by atoms with Crippen LogP contribution in [0.25, 0.3) is 0 Å². The number of hydrogen-bond donors (Lipinski definition) is 2. The van der Waals surface area contributed by atoms with Gasteiger partial charge in [-0.05, 0) is 25.7 Å². The maximum absolute atomic E-state index is 10.6. The van der Waals surface area contributed by atoms with Gasteiger partial charge in [0.2, 0.25) is 5.91 Å². The smallest absolute Gasteiger partial charge is 0.218 e. The first-order valence-corrected chi connectivity index (χ1v) is 3.70. The predicted octanol–water partition coefficient (Wildman–Crippen LogP) is 0.351. The highest BCUT2D eigenvalue weighted by Gasteiger charge is 2.29. The maximum Gasteiger partial charge on any atom is 0.218 e. The summed E-state index contributed by atoms with van der Waals surface area (Å²) in [5.41, 5.74) is 5.44. The lowest BCUT2D eigenvalue weighted by Crippen LogP contribution is -2.52. The Hall–Kier alpha value is -0.570. The van der Waals surface area contributed by atoms with Crippen molar-refractivity contribution in [2.24, 2.45) is 5.73 Å². The van der Waals surface area contributed by atoms with Crippen LogP contribution < -0.4 is 11.1 Å². The van der Waals surface area contributed by atoms with Crippen LogP contribution in [0.4, 0.5) is 0 Å². The van der Waals surface area contributed by atoms with Crippen molar-refractivity contribution in [2.45, 2.75) is 38.3 Å². The third-order valence-corrected chi connectivity index (χ3v) is 1.92. The first-order valence-electron chi connectivity index (χ1n) is 3.70. The van der Waals surface area contributed by atoms with Gasteiger partial charge in [-0.15, -0.1) is 0 Å². The van der Waals surface area contributed by atoms with Crippen molar-refractivity contribution >= 4 is 5.91 Å². The fourth-order valence-corrected chi connectivity index (χ4v) is 1.48. The van der Waals surface area contributed by atoms with Crippen LogP contribution in [-0.4, -0.2) is 11.6 Å². The van der Waals surface area contributed by atoms with E-state index in [1.807, 2.05) is 0 Å². The number of carbonyl (C=O) groups is 1. The molecule has 3 heteroatoms. The lowest BCUT2D eigenvalue weighted by Gasteiger charge is -2.23. The topological polar surface area (TPSA) is 55.1 Å². The molecule has 1 rings (SSSR count). The Morgan fingerprint density at radius 2 is 2.00 bits per heavy atom. The van der Waals surface area contributed by atoms with E-state index in [1.165, 1.54) is 6.92 Å². The van der Waals surface area contributed by atoms with E-state index in [0.717, 1.165) is 25.7 Å². The third-order valence-electron chi connectivity index (χ3n) is 1.92. The molecule has 0 radical (unpaired) electrons. The minimum atomic E-state index is -0.383. The van der Waals surface area contributed by atoms with Gasteiger partial charge in [-0.2, -0.15) is 0 Å². The standard InChI is InChI=1S/C7H14N2O/c1-6(10)9-7(8)4-2-3-5-7/h2-5,8H2,1H3,(H,9,10). The van der Waals surface area contributed by atoms with Crippen LogP contribution in [-0.2, 0) is 4.79 Å². The zero-order valence-corrected chi connectivity index (χ0v) is 6.31. The fraction of sp³-hybridized carbons (Fsp3) is 0.857. The monoisotopic (exact) mass is 142 g/mol. The maximum atomic E-state index is 10.6. The van der Waals surface area contributed by atoms with Gasteiger partial charge in [0.15, 0.2) is 0 Å². The Morgan fingerprint density at radius 1 is 1.50 bits per heavy atom. The Bertz CT molecular complexity index is 139. The Labute approximate surface area is 61.0 Å². The van der Waals surface area contributed by atoms with Gasteiger partial charge >= 0.3 is 0 Å². The van der Waals surface area contributed by atoms with Gasteiger partial charge in [0, 0.05) is 6.92 Å². The largest absolute Gasteiger partial charge is 0.338 e. The molecule has 0 aliphatic heterocycles. The number of hydrogen-bond acceptors (Lipinski definition) is 2. The summed E-state index contributed by atoms with van der Waals surface area (Å²) in [6, 6.07) is 0. The molecule has 10 heavy (non-hydrogen) atoms. The van der Waals surface area contributed by atoms with Crippen molar-refractivity contribution < 1.29 is 4.79 Å². The van der Waals surface area contributed by atoms with Crippen LogP contribution in [0.15, 0.2) is 0 Å². The van der Waals surface area contributed by atoms with Gasteiger partial charge in [-0.25, -0.2) is 0 Å². The van der Waals surface area contributed by atoms with Crippen LogP contribution in [0.5, 0.6) is 0 Å². The highest BCUT2D eigenvalue weighted by molar-refractivity contribution is 5.73. The number of rotatable bonds is 1. The van der Waals surface area contributed by atoms with E-state index < -0.39 is 0 Å². The quantitative estimate of drug-likeness (QED) is 0.519. The highest BCUT2D eigenvalue weighted by Crippen LogP contribution is 2.24. The van der Waals surface area contributed by atoms with Crippen molar-refractivity contribution in [3.8, 4) is 0 Å². The average molecular weight is 142 g/mol. The lowest BCUT2D eigenvalue weighted by atomic mass is 10.1. The molecule has 0 spiro atoms. The normalized spacial score (nSPS) is 22.6. The van der Waals surface area contributed by atoms with E-state index in [2.05, 4.69) is 5.32 Å². The molecule has 0 aromatic heterocycles. The zero-order valence-electron chi connectivity index (χ0n) is 6.31. The molecule has 0 atom stereocenters. The van der Waals surface area contributed by atoms with Crippen LogP contribution in [0.2, 0.25) is 0 Å². The fourth-order valence-electron chi connectivity index (χ4n) is 1.48. The molecular formula is C7H14N2O. The summed E-state index contributed by atoms with van der Waals surface area (Å²) in [6.07, 6.45) is 4.12. The molecule has 3 nitrogen and oxygen atoms in total. The number of carbonyl (C=O) groups excluding carboxylic acids is 1. The molecule has 1 amide bonds. The van der Waals surface area contributed by atoms with E-state index in [9.17, 15) is 4.79 Å². The molecule has 0 aromatic rings. The summed E-state index contributed by atoms with van der Waals surface area (Å²) in [5.74, 6) is -0.0237. The highest BCUT2D eigenvalue weighted by atomic mass is 16.1. The molecule has 0 aromatic carbocycles. The van der Waals surface area contributed by atoms with E-state index in [-0.39, 0.29) is 11.6 Å². The number of amides is 1. The van der Waals surface area contributed by atoms with Crippen LogP contribution >= 0.6 is 0 Å². The third kappa shape index (κ3) is 1.70. The van der Waals surface area contributed by atoms with Crippen LogP contribution in [0.1, 0.15) is 32.6 Å². The van der Waals surface area contributed by atoms with Gasteiger partial charge in [0.1, 0.15) is 0 Å². The van der Waals surface area contributed by atoms with Crippen molar-refractivity contribution in [2.75, 3.05) is 0 Å². The Kier molecular flexibility index (Phi) is 1.94. The second-order valence-electron chi connectivity index (χ2n) is 3.04. The first kappa shape index (κ1) is 7.54. The molecule has 0 saturated heterocycles. The summed E-state index contributed by atoms with van der Waals surface area (Å²) < 4.78 is 0.